The van der Waals surface area contributed by atoms with Crippen LogP contribution in [-0.4, -0.2) is 43.4 Å². The van der Waals surface area contributed by atoms with Gasteiger partial charge in [-0.1, -0.05) is 19.8 Å². The molecule has 1 rings (SSSR count). The van der Waals surface area contributed by atoms with Crippen LogP contribution in [0.15, 0.2) is 0 Å². The van der Waals surface area contributed by atoms with E-state index in [1.165, 1.54) is 20.0 Å². The Balaban J connectivity index is 2.39. The molecule has 1 fully saturated rings. The van der Waals surface area contributed by atoms with Gasteiger partial charge in [-0.25, -0.2) is 9.59 Å². The summed E-state index contributed by atoms with van der Waals surface area (Å²) in [6.45, 7) is 2.70. The lowest BCUT2D eigenvalue weighted by Crippen LogP contribution is -2.50. The number of nitrogens with one attached hydrogen (secondary N) is 2. The predicted octanol–water partition coefficient (Wildman–Crippen LogP) is 1.36. The highest BCUT2D eigenvalue weighted by Gasteiger charge is 2.32. The molecule has 0 heterocycles. The Hall–Kier alpha value is -1.30. The van der Waals surface area contributed by atoms with E-state index in [-0.39, 0.29) is 12.0 Å². The predicted molar refractivity (Wildman–Crippen MR) is 71.0 cm³/mol. The number of hydrogen-bond acceptors (Lipinski definition) is 3. The molecule has 0 aliphatic heterocycles. The number of urea groups is 1. The SMILES string of the molecule is CCC1(CNC(=O)NC(COC)C(=O)O)CCCC1. The fourth-order valence-electron chi connectivity index (χ4n) is 2.60. The molecule has 0 aromatic rings. The zero-order chi connectivity index (χ0) is 14.3. The van der Waals surface area contributed by atoms with E-state index >= 15 is 0 Å². The standard InChI is InChI=1S/C13H24N2O4/c1-3-13(6-4-5-7-13)9-14-12(18)15-10(8-19-2)11(16)17/h10H,3-9H2,1-2H3,(H,16,17)(H2,14,15,18). The van der Waals surface area contributed by atoms with Crippen molar-refractivity contribution in [2.75, 3.05) is 20.3 Å². The van der Waals surface area contributed by atoms with Gasteiger partial charge in [0.1, 0.15) is 0 Å². The van der Waals surface area contributed by atoms with Crippen LogP contribution in [0.25, 0.3) is 0 Å². The number of carbonyl (C=O) groups is 2. The van der Waals surface area contributed by atoms with Crippen molar-refractivity contribution in [1.82, 2.24) is 10.6 Å². The van der Waals surface area contributed by atoms with Gasteiger partial charge in [0, 0.05) is 13.7 Å². The maximum Gasteiger partial charge on any atom is 0.328 e. The molecule has 0 aromatic carbocycles. The van der Waals surface area contributed by atoms with E-state index < -0.39 is 18.0 Å². The molecule has 3 N–H and O–H groups in total. The number of carboxylic acids is 1. The summed E-state index contributed by atoms with van der Waals surface area (Å²) in [5.74, 6) is -1.09. The van der Waals surface area contributed by atoms with Gasteiger partial charge in [0.05, 0.1) is 6.61 Å². The summed E-state index contributed by atoms with van der Waals surface area (Å²) >= 11 is 0. The Morgan fingerprint density at radius 1 is 1.37 bits per heavy atom. The van der Waals surface area contributed by atoms with Gasteiger partial charge in [-0.2, -0.15) is 0 Å². The fraction of sp³-hybridized carbons (Fsp3) is 0.846. The zero-order valence-corrected chi connectivity index (χ0v) is 11.7. The number of carboxylic acid groups (broad SMARTS) is 1. The third-order valence-electron chi connectivity index (χ3n) is 3.97. The van der Waals surface area contributed by atoms with Crippen LogP contribution < -0.4 is 10.6 Å². The summed E-state index contributed by atoms with van der Waals surface area (Å²) in [7, 11) is 1.40. The first-order chi connectivity index (χ1) is 9.03. The Morgan fingerprint density at radius 2 is 2.00 bits per heavy atom. The minimum absolute atomic E-state index is 0.0400. The van der Waals surface area contributed by atoms with Gasteiger partial charge in [0.25, 0.3) is 0 Å². The fourth-order valence-corrected chi connectivity index (χ4v) is 2.60. The van der Waals surface area contributed by atoms with Crippen LogP contribution in [0.1, 0.15) is 39.0 Å². The molecular weight excluding hydrogens is 248 g/mol. The quantitative estimate of drug-likeness (QED) is 0.653. The number of ether oxygens (including phenoxy) is 1. The Bertz CT molecular complexity index is 314. The summed E-state index contributed by atoms with van der Waals surface area (Å²) in [6.07, 6.45) is 5.71. The molecule has 2 amide bonds. The molecule has 0 saturated heterocycles. The molecule has 1 aliphatic carbocycles. The normalized spacial score (nSPS) is 18.8. The second-order valence-corrected chi connectivity index (χ2v) is 5.23. The van der Waals surface area contributed by atoms with Gasteiger partial charge in [0.15, 0.2) is 6.04 Å². The monoisotopic (exact) mass is 272 g/mol. The highest BCUT2D eigenvalue weighted by molar-refractivity contribution is 5.82. The Labute approximate surface area is 113 Å². The maximum atomic E-state index is 11.7. The van der Waals surface area contributed by atoms with Crippen LogP contribution in [-0.2, 0) is 9.53 Å². The molecule has 6 heteroatoms. The van der Waals surface area contributed by atoms with Gasteiger partial charge in [-0.05, 0) is 24.7 Å². The van der Waals surface area contributed by atoms with Crippen LogP contribution in [0.4, 0.5) is 4.79 Å². The first-order valence-electron chi connectivity index (χ1n) is 6.79. The molecule has 110 valence electrons. The summed E-state index contributed by atoms with van der Waals surface area (Å²) in [5, 5.41) is 14.1. The van der Waals surface area contributed by atoms with Gasteiger partial charge in [-0.3, -0.25) is 0 Å². The molecule has 0 aromatic heterocycles. The van der Waals surface area contributed by atoms with Crippen LogP contribution in [0, 0.1) is 5.41 Å². The van der Waals surface area contributed by atoms with E-state index in [0.29, 0.717) is 6.54 Å². The third-order valence-corrected chi connectivity index (χ3v) is 3.97. The first-order valence-corrected chi connectivity index (χ1v) is 6.79. The van der Waals surface area contributed by atoms with Crippen LogP contribution in [0.2, 0.25) is 0 Å². The summed E-state index contributed by atoms with van der Waals surface area (Å²) in [5.41, 5.74) is 0.192. The molecule has 6 nitrogen and oxygen atoms in total. The van der Waals surface area contributed by atoms with E-state index in [2.05, 4.69) is 17.6 Å². The average molecular weight is 272 g/mol. The number of amides is 2. The highest BCUT2D eigenvalue weighted by atomic mass is 16.5. The molecule has 0 bridgehead atoms. The van der Waals surface area contributed by atoms with Crippen molar-refractivity contribution in [3.05, 3.63) is 0 Å². The molecule has 1 unspecified atom stereocenters. The smallest absolute Gasteiger partial charge is 0.328 e. The maximum absolute atomic E-state index is 11.7. The minimum atomic E-state index is -1.09. The van der Waals surface area contributed by atoms with E-state index in [1.54, 1.807) is 0 Å². The zero-order valence-electron chi connectivity index (χ0n) is 11.7. The molecular formula is C13H24N2O4. The van der Waals surface area contributed by atoms with Crippen LogP contribution >= 0.6 is 0 Å². The van der Waals surface area contributed by atoms with Crippen molar-refractivity contribution in [2.45, 2.75) is 45.1 Å². The molecule has 1 saturated carbocycles. The van der Waals surface area contributed by atoms with Crippen LogP contribution in [0.5, 0.6) is 0 Å². The number of rotatable bonds is 7. The van der Waals surface area contributed by atoms with E-state index in [9.17, 15) is 9.59 Å². The lowest BCUT2D eigenvalue weighted by Gasteiger charge is -2.28. The number of aliphatic carboxylic acids is 1. The average Bonchev–Trinajstić information content (AvgIpc) is 2.85. The van der Waals surface area contributed by atoms with Crippen LogP contribution in [0.3, 0.4) is 0 Å². The Morgan fingerprint density at radius 3 is 2.47 bits per heavy atom. The number of carbonyl (C=O) groups excluding carboxylic acids is 1. The largest absolute Gasteiger partial charge is 0.480 e. The van der Waals surface area contributed by atoms with Crippen molar-refractivity contribution in [2.24, 2.45) is 5.41 Å². The summed E-state index contributed by atoms with van der Waals surface area (Å²) in [4.78, 5) is 22.6. The van der Waals surface area contributed by atoms with Crippen molar-refractivity contribution >= 4 is 12.0 Å². The third kappa shape index (κ3) is 4.70. The van der Waals surface area contributed by atoms with Crippen molar-refractivity contribution in [3.63, 3.8) is 0 Å². The van der Waals surface area contributed by atoms with Gasteiger partial charge >= 0.3 is 12.0 Å². The lowest BCUT2D eigenvalue weighted by atomic mass is 9.83. The molecule has 0 radical (unpaired) electrons. The topological polar surface area (TPSA) is 87.7 Å². The molecule has 1 aliphatic rings. The molecule has 19 heavy (non-hydrogen) atoms. The second-order valence-electron chi connectivity index (χ2n) is 5.23. The van der Waals surface area contributed by atoms with Crippen molar-refractivity contribution < 1.29 is 19.4 Å². The molecule has 1 atom stereocenters. The van der Waals surface area contributed by atoms with E-state index in [4.69, 9.17) is 9.84 Å². The summed E-state index contributed by atoms with van der Waals surface area (Å²) in [6, 6.07) is -1.45. The number of methoxy groups -OCH3 is 1. The van der Waals surface area contributed by atoms with Gasteiger partial charge in [-0.15, -0.1) is 0 Å². The van der Waals surface area contributed by atoms with Crippen molar-refractivity contribution in [1.29, 1.82) is 0 Å². The van der Waals surface area contributed by atoms with E-state index in [0.717, 1.165) is 19.3 Å². The van der Waals surface area contributed by atoms with Gasteiger partial charge < -0.3 is 20.5 Å². The summed E-state index contributed by atoms with van der Waals surface area (Å²) < 4.78 is 4.76. The Kier molecular flexibility index (Phi) is 6.08. The molecule has 0 spiro atoms. The minimum Gasteiger partial charge on any atom is -0.480 e. The first kappa shape index (κ1) is 15.8. The number of hydrogen-bond donors (Lipinski definition) is 3. The van der Waals surface area contributed by atoms with Crippen molar-refractivity contribution in [3.8, 4) is 0 Å². The second kappa shape index (κ2) is 7.33. The lowest BCUT2D eigenvalue weighted by molar-refractivity contribution is -0.140. The van der Waals surface area contributed by atoms with E-state index in [1.807, 2.05) is 0 Å². The van der Waals surface area contributed by atoms with Gasteiger partial charge in [0.2, 0.25) is 0 Å². The highest BCUT2D eigenvalue weighted by Crippen LogP contribution is 2.40.